The number of aryl methyl sites for hydroxylation is 1. The van der Waals surface area contributed by atoms with E-state index in [2.05, 4.69) is 12.0 Å². The molecule has 1 heterocycles. The third-order valence-electron chi connectivity index (χ3n) is 3.58. The molecule has 4 heteroatoms. The van der Waals surface area contributed by atoms with Gasteiger partial charge in [-0.3, -0.25) is 9.48 Å². The van der Waals surface area contributed by atoms with Crippen LogP contribution in [0.5, 0.6) is 0 Å². The number of hydrogen-bond donors (Lipinski definition) is 1. The molecule has 2 N–H and O–H groups in total. The summed E-state index contributed by atoms with van der Waals surface area (Å²) in [6, 6.07) is -0.294. The van der Waals surface area contributed by atoms with Crippen LogP contribution in [-0.4, -0.2) is 21.6 Å². The molecule has 2 atom stereocenters. The number of nitrogens with two attached hydrogens (primary N) is 1. The van der Waals surface area contributed by atoms with Crippen LogP contribution in [0.1, 0.15) is 43.4 Å². The Morgan fingerprint density at radius 1 is 1.62 bits per heavy atom. The zero-order chi connectivity index (χ0) is 11.7. The first kappa shape index (κ1) is 11.3. The van der Waals surface area contributed by atoms with E-state index in [0.29, 0.717) is 12.3 Å². The number of nitrogens with zero attached hydrogens (tertiary/aromatic N) is 2. The lowest BCUT2D eigenvalue weighted by Gasteiger charge is -2.21. The lowest BCUT2D eigenvalue weighted by atomic mass is 9.85. The Kier molecular flexibility index (Phi) is 3.10. The summed E-state index contributed by atoms with van der Waals surface area (Å²) in [5.74, 6) is 0.490. The Balaban J connectivity index is 2.37. The normalized spacial score (nSPS) is 26.1. The summed E-state index contributed by atoms with van der Waals surface area (Å²) in [4.78, 5) is 11.8. The molecule has 16 heavy (non-hydrogen) atoms. The minimum Gasteiger partial charge on any atom is -0.321 e. The fourth-order valence-corrected chi connectivity index (χ4v) is 2.45. The summed E-state index contributed by atoms with van der Waals surface area (Å²) >= 11 is 0. The molecule has 1 aromatic heterocycles. The van der Waals surface area contributed by atoms with E-state index in [1.807, 2.05) is 17.9 Å². The van der Waals surface area contributed by atoms with E-state index in [4.69, 9.17) is 5.73 Å². The fourth-order valence-electron chi connectivity index (χ4n) is 2.45. The summed E-state index contributed by atoms with van der Waals surface area (Å²) in [6.07, 6.45) is 5.04. The predicted molar refractivity (Wildman–Crippen MR) is 62.2 cm³/mol. The van der Waals surface area contributed by atoms with E-state index < -0.39 is 0 Å². The van der Waals surface area contributed by atoms with E-state index >= 15 is 0 Å². The SMILES string of the molecule is CCC1CC(=O)C(N)CCc2c1cnn2C. The van der Waals surface area contributed by atoms with Gasteiger partial charge in [0.05, 0.1) is 12.2 Å². The standard InChI is InChI=1S/C12H19N3O/c1-3-8-6-12(16)10(13)4-5-11-9(8)7-14-15(11)2/h7-8,10H,3-6,13H2,1-2H3. The van der Waals surface area contributed by atoms with Crippen molar-refractivity contribution in [1.29, 1.82) is 0 Å². The van der Waals surface area contributed by atoms with Crippen molar-refractivity contribution in [3.05, 3.63) is 17.5 Å². The number of fused-ring (bicyclic) bond motifs is 1. The Labute approximate surface area is 95.8 Å². The van der Waals surface area contributed by atoms with Crippen LogP contribution in [0.2, 0.25) is 0 Å². The highest BCUT2D eigenvalue weighted by atomic mass is 16.1. The molecule has 0 aliphatic heterocycles. The maximum Gasteiger partial charge on any atom is 0.150 e. The van der Waals surface area contributed by atoms with Gasteiger partial charge in [-0.05, 0) is 30.7 Å². The average Bonchev–Trinajstić information content (AvgIpc) is 2.62. The molecule has 1 aromatic rings. The van der Waals surface area contributed by atoms with Crippen LogP contribution in [-0.2, 0) is 18.3 Å². The van der Waals surface area contributed by atoms with Gasteiger partial charge in [0, 0.05) is 19.2 Å². The molecule has 1 aliphatic rings. The minimum absolute atomic E-state index is 0.196. The van der Waals surface area contributed by atoms with Gasteiger partial charge in [-0.15, -0.1) is 0 Å². The van der Waals surface area contributed by atoms with Gasteiger partial charge in [0.25, 0.3) is 0 Å². The van der Waals surface area contributed by atoms with Gasteiger partial charge in [0.15, 0.2) is 0 Å². The topological polar surface area (TPSA) is 60.9 Å². The Morgan fingerprint density at radius 2 is 2.38 bits per heavy atom. The first-order valence-corrected chi connectivity index (χ1v) is 5.92. The highest BCUT2D eigenvalue weighted by molar-refractivity contribution is 5.84. The van der Waals surface area contributed by atoms with Gasteiger partial charge in [0.2, 0.25) is 0 Å². The number of carbonyl (C=O) groups excluding carboxylic acids is 1. The number of rotatable bonds is 1. The van der Waals surface area contributed by atoms with Gasteiger partial charge in [-0.2, -0.15) is 5.10 Å². The zero-order valence-electron chi connectivity index (χ0n) is 9.94. The lowest BCUT2D eigenvalue weighted by molar-refractivity contribution is -0.120. The molecule has 0 bridgehead atoms. The maximum atomic E-state index is 11.8. The van der Waals surface area contributed by atoms with E-state index in [1.54, 1.807) is 0 Å². The van der Waals surface area contributed by atoms with Crippen molar-refractivity contribution >= 4 is 5.78 Å². The summed E-state index contributed by atoms with van der Waals surface area (Å²) in [5.41, 5.74) is 8.35. The molecule has 0 radical (unpaired) electrons. The van der Waals surface area contributed by atoms with Crippen LogP contribution in [0, 0.1) is 0 Å². The quantitative estimate of drug-likeness (QED) is 0.773. The van der Waals surface area contributed by atoms with Crippen LogP contribution >= 0.6 is 0 Å². The van der Waals surface area contributed by atoms with Crippen molar-refractivity contribution < 1.29 is 4.79 Å². The van der Waals surface area contributed by atoms with Crippen LogP contribution in [0.4, 0.5) is 0 Å². The molecule has 0 saturated heterocycles. The predicted octanol–water partition coefficient (Wildman–Crippen LogP) is 1.15. The largest absolute Gasteiger partial charge is 0.321 e. The van der Waals surface area contributed by atoms with Crippen molar-refractivity contribution in [2.75, 3.05) is 0 Å². The average molecular weight is 221 g/mol. The van der Waals surface area contributed by atoms with Gasteiger partial charge in [0.1, 0.15) is 5.78 Å². The first-order chi connectivity index (χ1) is 7.63. The van der Waals surface area contributed by atoms with Crippen molar-refractivity contribution in [3.63, 3.8) is 0 Å². The summed E-state index contributed by atoms with van der Waals surface area (Å²) in [6.45, 7) is 2.11. The molecule has 0 spiro atoms. The van der Waals surface area contributed by atoms with E-state index in [1.165, 1.54) is 11.3 Å². The number of hydrogen-bond acceptors (Lipinski definition) is 3. The van der Waals surface area contributed by atoms with Crippen LogP contribution in [0.3, 0.4) is 0 Å². The molecule has 2 rings (SSSR count). The highest BCUT2D eigenvalue weighted by Crippen LogP contribution is 2.29. The maximum absolute atomic E-state index is 11.8. The first-order valence-electron chi connectivity index (χ1n) is 5.92. The fraction of sp³-hybridized carbons (Fsp3) is 0.667. The van der Waals surface area contributed by atoms with Crippen LogP contribution < -0.4 is 5.73 Å². The molecule has 0 fully saturated rings. The van der Waals surface area contributed by atoms with Crippen molar-refractivity contribution in [2.24, 2.45) is 12.8 Å². The van der Waals surface area contributed by atoms with Gasteiger partial charge < -0.3 is 5.73 Å². The monoisotopic (exact) mass is 221 g/mol. The molecule has 1 aliphatic carbocycles. The van der Waals surface area contributed by atoms with Crippen molar-refractivity contribution in [2.45, 2.75) is 44.6 Å². The van der Waals surface area contributed by atoms with E-state index in [0.717, 1.165) is 19.3 Å². The van der Waals surface area contributed by atoms with Crippen LogP contribution in [0.25, 0.3) is 0 Å². The third kappa shape index (κ3) is 1.89. The van der Waals surface area contributed by atoms with E-state index in [-0.39, 0.29) is 11.8 Å². The number of carbonyl (C=O) groups is 1. The third-order valence-corrected chi connectivity index (χ3v) is 3.58. The molecule has 0 aromatic carbocycles. The Morgan fingerprint density at radius 3 is 3.06 bits per heavy atom. The minimum atomic E-state index is -0.294. The molecular weight excluding hydrogens is 202 g/mol. The number of ketones is 1. The molecular formula is C12H19N3O. The molecule has 4 nitrogen and oxygen atoms in total. The highest BCUT2D eigenvalue weighted by Gasteiger charge is 2.26. The second-order valence-electron chi connectivity index (χ2n) is 4.59. The summed E-state index contributed by atoms with van der Waals surface area (Å²) < 4.78 is 1.92. The molecule has 0 saturated carbocycles. The van der Waals surface area contributed by atoms with Crippen molar-refractivity contribution in [1.82, 2.24) is 9.78 Å². The number of Topliss-reactive ketones (excluding diaryl/α,β-unsaturated/α-hetero) is 1. The lowest BCUT2D eigenvalue weighted by Crippen LogP contribution is -2.33. The Bertz CT molecular complexity index is 397. The van der Waals surface area contributed by atoms with E-state index in [9.17, 15) is 4.79 Å². The molecule has 0 amide bonds. The summed E-state index contributed by atoms with van der Waals surface area (Å²) in [7, 11) is 1.96. The van der Waals surface area contributed by atoms with Crippen molar-refractivity contribution in [3.8, 4) is 0 Å². The Hall–Kier alpha value is -1.16. The summed E-state index contributed by atoms with van der Waals surface area (Å²) in [5, 5.41) is 4.29. The second-order valence-corrected chi connectivity index (χ2v) is 4.59. The van der Waals surface area contributed by atoms with Gasteiger partial charge in [-0.1, -0.05) is 6.92 Å². The second kappa shape index (κ2) is 4.37. The van der Waals surface area contributed by atoms with Gasteiger partial charge >= 0.3 is 0 Å². The molecule has 2 unspecified atom stereocenters. The number of aromatic nitrogens is 2. The smallest absolute Gasteiger partial charge is 0.150 e. The molecule has 88 valence electrons. The van der Waals surface area contributed by atoms with Gasteiger partial charge in [-0.25, -0.2) is 0 Å². The van der Waals surface area contributed by atoms with Crippen LogP contribution in [0.15, 0.2) is 6.20 Å². The zero-order valence-corrected chi connectivity index (χ0v) is 9.94.